The molecule has 3 aliphatic heterocycles. The summed E-state index contributed by atoms with van der Waals surface area (Å²) in [5.74, 6) is 2.20. The standard InChI is InChI=1S/C38H48N3OSi/c1-8-34-37-26(3)42-27(4)39-23-29(37)18-19-33-31-16-12-13-17-32(31)35-21-30(20-28-14-10-9-11-15-28)36(43(5,6)7)24-41(35)38(33)25(2)22-40-34/h8,12-13,16-17,21,24,28,33,38-39H,1-4,9-11,14-15,18-20,22-23H2,5-7H3/q+1. The molecule has 2 unspecified atom stereocenters. The Morgan fingerprint density at radius 3 is 2.58 bits per heavy atom. The van der Waals surface area contributed by atoms with Crippen molar-refractivity contribution in [2.24, 2.45) is 10.9 Å². The maximum absolute atomic E-state index is 5.92. The van der Waals surface area contributed by atoms with Gasteiger partial charge in [0.15, 0.2) is 18.1 Å². The third-order valence-corrected chi connectivity index (χ3v) is 12.1. The number of nitrogens with one attached hydrogen (secondary N) is 1. The Labute approximate surface area is 259 Å². The number of nitrogens with zero attached hydrogens (tertiary/aromatic N) is 2. The summed E-state index contributed by atoms with van der Waals surface area (Å²) in [6, 6.07) is 11.8. The van der Waals surface area contributed by atoms with Crippen LogP contribution in [0.2, 0.25) is 19.6 Å². The number of rotatable bonds is 4. The number of pyridine rings is 1. The fraction of sp³-hybridized carbons (Fsp3) is 0.421. The highest BCUT2D eigenvalue weighted by atomic mass is 28.3. The summed E-state index contributed by atoms with van der Waals surface area (Å²) in [4.78, 5) is 5.11. The zero-order valence-electron chi connectivity index (χ0n) is 26.5. The molecule has 0 amide bonds. The molecule has 224 valence electrons. The summed E-state index contributed by atoms with van der Waals surface area (Å²) in [6.45, 7) is 25.8. The predicted octanol–water partition coefficient (Wildman–Crippen LogP) is 7.83. The molecule has 0 bridgehead atoms. The zero-order chi connectivity index (χ0) is 30.3. The average Bonchev–Trinajstić information content (AvgIpc) is 3.12. The summed E-state index contributed by atoms with van der Waals surface area (Å²) in [5.41, 5.74) is 9.87. The van der Waals surface area contributed by atoms with E-state index < -0.39 is 8.07 Å². The van der Waals surface area contributed by atoms with Gasteiger partial charge in [0.05, 0.1) is 26.2 Å². The van der Waals surface area contributed by atoms with E-state index in [9.17, 15) is 0 Å². The first-order valence-electron chi connectivity index (χ1n) is 16.2. The first-order valence-corrected chi connectivity index (χ1v) is 19.7. The molecule has 1 N–H and O–H groups in total. The number of aliphatic imine (C=N–C) groups is 1. The first kappa shape index (κ1) is 29.6. The predicted molar refractivity (Wildman–Crippen MR) is 182 cm³/mol. The van der Waals surface area contributed by atoms with Crippen LogP contribution in [0.15, 0.2) is 102 Å². The fourth-order valence-corrected chi connectivity index (χ4v) is 9.60. The number of aromatic nitrogens is 1. The smallest absolute Gasteiger partial charge is 0.213 e. The molecule has 0 saturated heterocycles. The summed E-state index contributed by atoms with van der Waals surface area (Å²) in [7, 11) is -1.63. The van der Waals surface area contributed by atoms with Crippen LogP contribution in [0, 0.1) is 5.92 Å². The minimum Gasteiger partial charge on any atom is -0.442 e. The van der Waals surface area contributed by atoms with Crippen molar-refractivity contribution in [3.05, 3.63) is 108 Å². The van der Waals surface area contributed by atoms with Crippen LogP contribution in [0.5, 0.6) is 0 Å². The van der Waals surface area contributed by atoms with E-state index in [2.05, 4.69) is 85.8 Å². The van der Waals surface area contributed by atoms with Crippen LogP contribution in [0.3, 0.4) is 0 Å². The average molecular weight is 591 g/mol. The second-order valence-corrected chi connectivity index (χ2v) is 19.0. The van der Waals surface area contributed by atoms with E-state index in [4.69, 9.17) is 16.3 Å². The van der Waals surface area contributed by atoms with E-state index in [0.717, 1.165) is 35.6 Å². The van der Waals surface area contributed by atoms with Gasteiger partial charge >= 0.3 is 0 Å². The van der Waals surface area contributed by atoms with E-state index >= 15 is 0 Å². The zero-order valence-corrected chi connectivity index (χ0v) is 27.5. The SMILES string of the molecule is C=CC1=NCC(=C)C2C(CCC3=C1C(=C)OC(=C)NC3)c1ccccc1-c1cc(CC3CCCCC3)c([Si](C)(C)C)c[n+]12. The monoisotopic (exact) mass is 590 g/mol. The third kappa shape index (κ3) is 5.76. The molecule has 4 nitrogen and oxygen atoms in total. The van der Waals surface area contributed by atoms with E-state index in [1.54, 1.807) is 10.8 Å². The van der Waals surface area contributed by atoms with Gasteiger partial charge in [-0.2, -0.15) is 4.57 Å². The van der Waals surface area contributed by atoms with Gasteiger partial charge in [0.2, 0.25) is 5.69 Å². The quantitative estimate of drug-likeness (QED) is 0.224. The van der Waals surface area contributed by atoms with Gasteiger partial charge in [0, 0.05) is 34.5 Å². The molecule has 1 saturated carbocycles. The third-order valence-electron chi connectivity index (χ3n) is 10.0. The van der Waals surface area contributed by atoms with Gasteiger partial charge in [-0.1, -0.05) is 89.7 Å². The molecule has 1 aliphatic carbocycles. The van der Waals surface area contributed by atoms with Crippen LogP contribution in [0.25, 0.3) is 11.3 Å². The number of ether oxygens (including phenoxy) is 1. The molecule has 6 rings (SSSR count). The topological polar surface area (TPSA) is 37.5 Å². The van der Waals surface area contributed by atoms with Gasteiger partial charge in [0.1, 0.15) is 5.76 Å². The van der Waals surface area contributed by atoms with Gasteiger partial charge in [-0.05, 0) is 60.6 Å². The maximum Gasteiger partial charge on any atom is 0.213 e. The Morgan fingerprint density at radius 2 is 1.84 bits per heavy atom. The summed E-state index contributed by atoms with van der Waals surface area (Å²) in [5, 5.41) is 4.94. The number of hydrogen-bond donors (Lipinski definition) is 1. The molecule has 1 fully saturated rings. The van der Waals surface area contributed by atoms with Crippen molar-refractivity contribution < 1.29 is 9.30 Å². The first-order chi connectivity index (χ1) is 20.7. The van der Waals surface area contributed by atoms with Crippen molar-refractivity contribution in [2.45, 2.75) is 83.0 Å². The largest absolute Gasteiger partial charge is 0.442 e. The summed E-state index contributed by atoms with van der Waals surface area (Å²) in [6.07, 6.45) is 14.4. The molecule has 2 aromatic rings. The van der Waals surface area contributed by atoms with Crippen molar-refractivity contribution in [3.63, 3.8) is 0 Å². The number of hydrogen-bond acceptors (Lipinski definition) is 3. The van der Waals surface area contributed by atoms with Crippen molar-refractivity contribution in [1.82, 2.24) is 5.32 Å². The molecule has 1 aromatic heterocycles. The highest BCUT2D eigenvalue weighted by Crippen LogP contribution is 2.45. The molecular weight excluding hydrogens is 543 g/mol. The Morgan fingerprint density at radius 1 is 1.07 bits per heavy atom. The van der Waals surface area contributed by atoms with E-state index in [1.807, 2.05) is 6.08 Å². The van der Waals surface area contributed by atoms with Crippen LogP contribution in [0.1, 0.15) is 68.0 Å². The Bertz CT molecular complexity index is 1550. The minimum absolute atomic E-state index is 0.133. The molecule has 43 heavy (non-hydrogen) atoms. The number of benzene rings is 1. The number of fused-ring (bicyclic) bond motifs is 6. The molecule has 1 aromatic carbocycles. The minimum atomic E-state index is -1.63. The Balaban J connectivity index is 1.50. The van der Waals surface area contributed by atoms with Gasteiger partial charge in [-0.15, -0.1) is 0 Å². The van der Waals surface area contributed by atoms with Crippen molar-refractivity contribution in [2.75, 3.05) is 13.1 Å². The lowest BCUT2D eigenvalue weighted by Crippen LogP contribution is -2.54. The molecule has 4 heterocycles. The number of allylic oxidation sites excluding steroid dienone is 2. The van der Waals surface area contributed by atoms with Gasteiger partial charge in [0.25, 0.3) is 0 Å². The summed E-state index contributed by atoms with van der Waals surface area (Å²) < 4.78 is 8.52. The van der Waals surface area contributed by atoms with Crippen LogP contribution >= 0.6 is 0 Å². The van der Waals surface area contributed by atoms with Crippen LogP contribution in [-0.4, -0.2) is 26.9 Å². The Kier molecular flexibility index (Phi) is 8.21. The van der Waals surface area contributed by atoms with Crippen molar-refractivity contribution >= 4 is 19.0 Å². The molecular formula is C38H48N3OSi+. The van der Waals surface area contributed by atoms with E-state index in [0.29, 0.717) is 24.7 Å². The Hall–Kier alpha value is -3.44. The van der Waals surface area contributed by atoms with Gasteiger partial charge < -0.3 is 10.1 Å². The normalized spacial score (nSPS) is 23.0. The highest BCUT2D eigenvalue weighted by molar-refractivity contribution is 6.89. The molecule has 0 spiro atoms. The molecule has 4 aliphatic rings. The van der Waals surface area contributed by atoms with Gasteiger partial charge in [-0.3, -0.25) is 4.99 Å². The van der Waals surface area contributed by atoms with Crippen LogP contribution in [-0.2, 0) is 11.2 Å². The summed E-state index contributed by atoms with van der Waals surface area (Å²) >= 11 is 0. The van der Waals surface area contributed by atoms with Crippen molar-refractivity contribution in [1.29, 1.82) is 0 Å². The maximum atomic E-state index is 5.92. The van der Waals surface area contributed by atoms with E-state index in [1.165, 1.54) is 60.9 Å². The van der Waals surface area contributed by atoms with Crippen LogP contribution < -0.4 is 15.1 Å². The highest BCUT2D eigenvalue weighted by Gasteiger charge is 2.43. The molecule has 2 atom stereocenters. The van der Waals surface area contributed by atoms with E-state index in [-0.39, 0.29) is 12.0 Å². The van der Waals surface area contributed by atoms with Gasteiger partial charge in [-0.25, -0.2) is 0 Å². The second-order valence-electron chi connectivity index (χ2n) is 14.0. The molecule has 5 heteroatoms. The molecule has 0 radical (unpaired) electrons. The van der Waals surface area contributed by atoms with Crippen molar-refractivity contribution in [3.8, 4) is 11.3 Å². The van der Waals surface area contributed by atoms with Crippen LogP contribution in [0.4, 0.5) is 0 Å². The lowest BCUT2D eigenvalue weighted by Gasteiger charge is -2.34. The lowest BCUT2D eigenvalue weighted by atomic mass is 9.76. The lowest BCUT2D eigenvalue weighted by molar-refractivity contribution is -0.708. The fourth-order valence-electron chi connectivity index (χ4n) is 7.93. The second kappa shape index (κ2) is 11.9.